The van der Waals surface area contributed by atoms with E-state index < -0.39 is 5.82 Å². The van der Waals surface area contributed by atoms with Crippen molar-refractivity contribution in [1.82, 2.24) is 0 Å². The summed E-state index contributed by atoms with van der Waals surface area (Å²) in [6, 6.07) is 6.87. The number of rotatable bonds is 5. The van der Waals surface area contributed by atoms with Crippen LogP contribution in [-0.2, 0) is 0 Å². The van der Waals surface area contributed by atoms with E-state index in [1.165, 1.54) is 6.07 Å². The molecule has 0 aromatic heterocycles. The molecule has 0 saturated carbocycles. The molecule has 4 heteroatoms. The fourth-order valence-electron chi connectivity index (χ4n) is 1.74. The third-order valence-electron chi connectivity index (χ3n) is 2.45. The SMILES string of the molecule is CC(C)CN(CCC#N)c1cccc(F)c1N. The number of nitrogen functional groups attached to an aromatic ring is 1. The van der Waals surface area contributed by atoms with Gasteiger partial charge >= 0.3 is 0 Å². The van der Waals surface area contributed by atoms with E-state index in [1.54, 1.807) is 12.1 Å². The van der Waals surface area contributed by atoms with Gasteiger partial charge in [-0.15, -0.1) is 0 Å². The Hall–Kier alpha value is -1.76. The number of para-hydroxylation sites is 1. The van der Waals surface area contributed by atoms with Crippen LogP contribution < -0.4 is 10.6 Å². The summed E-state index contributed by atoms with van der Waals surface area (Å²) in [6.45, 7) is 5.49. The zero-order valence-corrected chi connectivity index (χ0v) is 10.3. The standard InChI is InChI=1S/C13H18FN3/c1-10(2)9-17(8-4-7-15)12-6-3-5-11(14)13(12)16/h3,5-6,10H,4,8-9,16H2,1-2H3. The summed E-state index contributed by atoms with van der Waals surface area (Å²) in [5, 5.41) is 8.64. The number of nitrogens with zero attached hydrogens (tertiary/aromatic N) is 2. The molecule has 0 spiro atoms. The Bertz CT molecular complexity index is 410. The van der Waals surface area contributed by atoms with Crippen LogP contribution >= 0.6 is 0 Å². The minimum absolute atomic E-state index is 0.158. The molecule has 0 amide bonds. The molecular formula is C13H18FN3. The molecule has 0 aliphatic carbocycles. The van der Waals surface area contributed by atoms with Crippen molar-refractivity contribution < 1.29 is 4.39 Å². The van der Waals surface area contributed by atoms with Crippen LogP contribution in [0.5, 0.6) is 0 Å². The summed E-state index contributed by atoms with van der Waals surface area (Å²) in [6.07, 6.45) is 0.405. The highest BCUT2D eigenvalue weighted by molar-refractivity contribution is 5.68. The first-order valence-electron chi connectivity index (χ1n) is 5.72. The highest BCUT2D eigenvalue weighted by Gasteiger charge is 2.13. The maximum absolute atomic E-state index is 13.4. The predicted octanol–water partition coefficient (Wildman–Crippen LogP) is 2.78. The molecule has 0 aliphatic rings. The van der Waals surface area contributed by atoms with Gasteiger partial charge in [0.2, 0.25) is 0 Å². The van der Waals surface area contributed by atoms with E-state index in [0.29, 0.717) is 24.6 Å². The average molecular weight is 235 g/mol. The number of nitriles is 1. The predicted molar refractivity (Wildman–Crippen MR) is 68.1 cm³/mol. The van der Waals surface area contributed by atoms with Crippen molar-refractivity contribution in [1.29, 1.82) is 5.26 Å². The highest BCUT2D eigenvalue weighted by atomic mass is 19.1. The number of benzene rings is 1. The van der Waals surface area contributed by atoms with E-state index in [2.05, 4.69) is 19.9 Å². The lowest BCUT2D eigenvalue weighted by Crippen LogP contribution is -2.29. The summed E-state index contributed by atoms with van der Waals surface area (Å²) < 4.78 is 13.4. The van der Waals surface area contributed by atoms with Gasteiger partial charge in [-0.1, -0.05) is 19.9 Å². The number of hydrogen-bond donors (Lipinski definition) is 1. The molecule has 0 fully saturated rings. The summed E-state index contributed by atoms with van der Waals surface area (Å²) in [4.78, 5) is 1.96. The van der Waals surface area contributed by atoms with Gasteiger partial charge in [-0.25, -0.2) is 4.39 Å². The molecular weight excluding hydrogens is 217 g/mol. The summed E-state index contributed by atoms with van der Waals surface area (Å²) in [5.41, 5.74) is 6.56. The van der Waals surface area contributed by atoms with Crippen LogP contribution in [0.3, 0.4) is 0 Å². The van der Waals surface area contributed by atoms with Crippen LogP contribution in [0.25, 0.3) is 0 Å². The second kappa shape index (κ2) is 6.09. The van der Waals surface area contributed by atoms with Crippen molar-refractivity contribution in [2.75, 3.05) is 23.7 Å². The first-order valence-corrected chi connectivity index (χ1v) is 5.72. The van der Waals surface area contributed by atoms with Crippen molar-refractivity contribution >= 4 is 11.4 Å². The second-order valence-corrected chi connectivity index (χ2v) is 4.42. The number of anilines is 2. The molecule has 0 unspecified atom stereocenters. The quantitative estimate of drug-likeness (QED) is 0.798. The Kier molecular flexibility index (Phi) is 4.77. The lowest BCUT2D eigenvalue weighted by atomic mass is 10.1. The van der Waals surface area contributed by atoms with Gasteiger partial charge in [-0.05, 0) is 18.1 Å². The minimum Gasteiger partial charge on any atom is -0.395 e. The first kappa shape index (κ1) is 13.3. The lowest BCUT2D eigenvalue weighted by molar-refractivity contribution is 0.606. The zero-order chi connectivity index (χ0) is 12.8. The van der Waals surface area contributed by atoms with Gasteiger partial charge in [0.15, 0.2) is 0 Å². The van der Waals surface area contributed by atoms with Crippen molar-refractivity contribution in [3.63, 3.8) is 0 Å². The second-order valence-electron chi connectivity index (χ2n) is 4.42. The van der Waals surface area contributed by atoms with Crippen LogP contribution in [0.4, 0.5) is 15.8 Å². The molecule has 2 N–H and O–H groups in total. The zero-order valence-electron chi connectivity index (χ0n) is 10.3. The van der Waals surface area contributed by atoms with Gasteiger partial charge < -0.3 is 10.6 Å². The Morgan fingerprint density at radius 2 is 2.18 bits per heavy atom. The van der Waals surface area contributed by atoms with Crippen LogP contribution in [-0.4, -0.2) is 13.1 Å². The summed E-state index contributed by atoms with van der Waals surface area (Å²) in [7, 11) is 0. The van der Waals surface area contributed by atoms with E-state index in [1.807, 2.05) is 4.90 Å². The Labute approximate surface area is 102 Å². The van der Waals surface area contributed by atoms with Crippen molar-refractivity contribution in [3.8, 4) is 6.07 Å². The van der Waals surface area contributed by atoms with E-state index >= 15 is 0 Å². The van der Waals surface area contributed by atoms with Crippen molar-refractivity contribution in [3.05, 3.63) is 24.0 Å². The van der Waals surface area contributed by atoms with Gasteiger partial charge in [0.25, 0.3) is 0 Å². The Morgan fingerprint density at radius 3 is 2.76 bits per heavy atom. The molecule has 0 atom stereocenters. The van der Waals surface area contributed by atoms with Crippen LogP contribution in [0.1, 0.15) is 20.3 Å². The molecule has 1 rings (SSSR count). The van der Waals surface area contributed by atoms with E-state index in [0.717, 1.165) is 6.54 Å². The third kappa shape index (κ3) is 3.63. The van der Waals surface area contributed by atoms with Gasteiger partial charge in [0.05, 0.1) is 23.9 Å². The van der Waals surface area contributed by atoms with Gasteiger partial charge in [0, 0.05) is 13.1 Å². The lowest BCUT2D eigenvalue weighted by Gasteiger charge is -2.27. The fraction of sp³-hybridized carbons (Fsp3) is 0.462. The van der Waals surface area contributed by atoms with Crippen molar-refractivity contribution in [2.45, 2.75) is 20.3 Å². The number of halogens is 1. The highest BCUT2D eigenvalue weighted by Crippen LogP contribution is 2.26. The fourth-order valence-corrected chi connectivity index (χ4v) is 1.74. The number of hydrogen-bond acceptors (Lipinski definition) is 3. The van der Waals surface area contributed by atoms with E-state index in [-0.39, 0.29) is 5.69 Å². The maximum atomic E-state index is 13.4. The molecule has 92 valence electrons. The summed E-state index contributed by atoms with van der Waals surface area (Å²) >= 11 is 0. The molecule has 0 aliphatic heterocycles. The van der Waals surface area contributed by atoms with Crippen molar-refractivity contribution in [2.24, 2.45) is 5.92 Å². The normalized spacial score (nSPS) is 10.3. The molecule has 0 heterocycles. The number of nitrogens with two attached hydrogens (primary N) is 1. The van der Waals surface area contributed by atoms with E-state index in [4.69, 9.17) is 11.0 Å². The van der Waals surface area contributed by atoms with Crippen LogP contribution in [0, 0.1) is 23.1 Å². The average Bonchev–Trinajstić information content (AvgIpc) is 2.28. The first-order chi connectivity index (χ1) is 8.06. The summed E-state index contributed by atoms with van der Waals surface area (Å²) in [5.74, 6) is 0.0181. The molecule has 1 aromatic carbocycles. The van der Waals surface area contributed by atoms with Gasteiger partial charge in [-0.2, -0.15) is 5.26 Å². The topological polar surface area (TPSA) is 53.0 Å². The van der Waals surface area contributed by atoms with Gasteiger partial charge in [-0.3, -0.25) is 0 Å². The van der Waals surface area contributed by atoms with Gasteiger partial charge in [0.1, 0.15) is 5.82 Å². The van der Waals surface area contributed by atoms with Crippen LogP contribution in [0.15, 0.2) is 18.2 Å². The minimum atomic E-state index is -0.409. The Morgan fingerprint density at radius 1 is 1.47 bits per heavy atom. The molecule has 1 aromatic rings. The largest absolute Gasteiger partial charge is 0.395 e. The van der Waals surface area contributed by atoms with Crippen LogP contribution in [0.2, 0.25) is 0 Å². The molecule has 17 heavy (non-hydrogen) atoms. The molecule has 3 nitrogen and oxygen atoms in total. The smallest absolute Gasteiger partial charge is 0.148 e. The molecule has 0 radical (unpaired) electrons. The maximum Gasteiger partial charge on any atom is 0.148 e. The Balaban J connectivity index is 2.95. The molecule has 0 bridgehead atoms. The molecule has 0 saturated heterocycles. The monoisotopic (exact) mass is 235 g/mol. The van der Waals surface area contributed by atoms with E-state index in [9.17, 15) is 4.39 Å². The third-order valence-corrected chi connectivity index (χ3v) is 2.45.